The fourth-order valence-corrected chi connectivity index (χ4v) is 2.44. The monoisotopic (exact) mass is 370 g/mol. The summed E-state index contributed by atoms with van der Waals surface area (Å²) in [5.74, 6) is 0.0784. The van der Waals surface area contributed by atoms with E-state index in [9.17, 15) is 14.4 Å². The number of anilines is 1. The lowest BCUT2D eigenvalue weighted by Crippen LogP contribution is -2.30. The van der Waals surface area contributed by atoms with Gasteiger partial charge in [-0.05, 0) is 26.0 Å². The predicted molar refractivity (Wildman–Crippen MR) is 96.1 cm³/mol. The lowest BCUT2D eigenvalue weighted by Gasteiger charge is -2.12. The van der Waals surface area contributed by atoms with E-state index in [1.807, 2.05) is 0 Å². The average molecular weight is 370 g/mol. The second-order valence-corrected chi connectivity index (χ2v) is 5.97. The number of hydrogen-bond acceptors (Lipinski definition) is 7. The molecule has 3 rings (SSSR count). The molecule has 1 amide bonds. The van der Waals surface area contributed by atoms with Gasteiger partial charge in [0.25, 0.3) is 11.5 Å². The smallest absolute Gasteiger partial charge is 0.307 e. The van der Waals surface area contributed by atoms with Crippen molar-refractivity contribution in [2.24, 2.45) is 0 Å². The Morgan fingerprint density at radius 2 is 2.11 bits per heavy atom. The summed E-state index contributed by atoms with van der Waals surface area (Å²) in [6.45, 7) is 3.15. The Labute approximate surface area is 153 Å². The lowest BCUT2D eigenvalue weighted by molar-refractivity contribution is -0.153. The first-order valence-electron chi connectivity index (χ1n) is 8.34. The molecule has 2 aromatic heterocycles. The van der Waals surface area contributed by atoms with Crippen molar-refractivity contribution >= 4 is 28.6 Å². The first kappa shape index (κ1) is 18.3. The number of amides is 1. The molecule has 27 heavy (non-hydrogen) atoms. The number of aromatic nitrogens is 3. The van der Waals surface area contributed by atoms with Gasteiger partial charge < -0.3 is 19.6 Å². The van der Waals surface area contributed by atoms with Crippen LogP contribution in [0.4, 0.5) is 5.82 Å². The van der Waals surface area contributed by atoms with Crippen molar-refractivity contribution in [2.45, 2.75) is 32.8 Å². The molecular formula is C18H18N4O5. The Kier molecular flexibility index (Phi) is 5.30. The second-order valence-electron chi connectivity index (χ2n) is 5.97. The van der Waals surface area contributed by atoms with Crippen molar-refractivity contribution in [3.8, 4) is 0 Å². The van der Waals surface area contributed by atoms with Crippen LogP contribution in [0.1, 0.15) is 24.9 Å². The standard InChI is InChI=1S/C18H18N4O5/c1-10-9-15(22-27-10)21-17(24)11(2)26-16(23)8-7-14-19-13-6-4-3-5-12(13)18(25)20-14/h3-6,9,11H,7-8H2,1-2H3,(H,19,20,25)(H,21,22,24)/t11-/m0/s1. The fraction of sp³-hybridized carbons (Fsp3) is 0.278. The molecule has 0 aliphatic rings. The summed E-state index contributed by atoms with van der Waals surface area (Å²) in [6.07, 6.45) is -0.837. The lowest BCUT2D eigenvalue weighted by atomic mass is 10.2. The van der Waals surface area contributed by atoms with E-state index in [0.717, 1.165) is 0 Å². The van der Waals surface area contributed by atoms with E-state index in [4.69, 9.17) is 9.26 Å². The number of aryl methyl sites for hydroxylation is 2. The molecule has 1 aromatic carbocycles. The molecule has 0 aliphatic heterocycles. The van der Waals surface area contributed by atoms with Crippen LogP contribution in [-0.4, -0.2) is 33.1 Å². The van der Waals surface area contributed by atoms with Crippen LogP contribution in [0.15, 0.2) is 39.6 Å². The number of rotatable bonds is 6. The third-order valence-electron chi connectivity index (χ3n) is 3.78. The minimum Gasteiger partial charge on any atom is -0.453 e. The van der Waals surface area contributed by atoms with E-state index in [1.54, 1.807) is 37.3 Å². The highest BCUT2D eigenvalue weighted by atomic mass is 16.5. The van der Waals surface area contributed by atoms with E-state index in [2.05, 4.69) is 20.4 Å². The number of hydrogen-bond donors (Lipinski definition) is 2. The van der Waals surface area contributed by atoms with Crippen molar-refractivity contribution in [3.05, 3.63) is 52.3 Å². The highest BCUT2D eigenvalue weighted by molar-refractivity contribution is 5.94. The first-order chi connectivity index (χ1) is 12.9. The summed E-state index contributed by atoms with van der Waals surface area (Å²) in [7, 11) is 0. The van der Waals surface area contributed by atoms with Crippen LogP contribution >= 0.6 is 0 Å². The molecular weight excluding hydrogens is 352 g/mol. The molecule has 0 aliphatic carbocycles. The Hall–Kier alpha value is -3.49. The van der Waals surface area contributed by atoms with Gasteiger partial charge in [-0.1, -0.05) is 17.3 Å². The minimum atomic E-state index is -1.00. The molecule has 0 fully saturated rings. The summed E-state index contributed by atoms with van der Waals surface area (Å²) in [5.41, 5.74) is 0.292. The number of esters is 1. The zero-order valence-electron chi connectivity index (χ0n) is 14.8. The number of nitrogens with zero attached hydrogens (tertiary/aromatic N) is 2. The molecule has 1 atom stereocenters. The van der Waals surface area contributed by atoms with Crippen LogP contribution in [0.2, 0.25) is 0 Å². The molecule has 2 N–H and O–H groups in total. The third-order valence-corrected chi connectivity index (χ3v) is 3.78. The van der Waals surface area contributed by atoms with Crippen molar-refractivity contribution in [3.63, 3.8) is 0 Å². The Balaban J connectivity index is 1.54. The Morgan fingerprint density at radius 3 is 2.85 bits per heavy atom. The van der Waals surface area contributed by atoms with Gasteiger partial charge >= 0.3 is 5.97 Å². The molecule has 3 aromatic rings. The van der Waals surface area contributed by atoms with Crippen LogP contribution in [0.3, 0.4) is 0 Å². The van der Waals surface area contributed by atoms with Crippen molar-refractivity contribution < 1.29 is 18.8 Å². The number of aromatic amines is 1. The molecule has 9 heteroatoms. The SMILES string of the molecule is Cc1cc(NC(=O)[C@H](C)OC(=O)CCc2nc3ccccc3c(=O)[nH]2)no1. The molecule has 0 unspecified atom stereocenters. The van der Waals surface area contributed by atoms with Crippen molar-refractivity contribution in [2.75, 3.05) is 5.32 Å². The van der Waals surface area contributed by atoms with E-state index >= 15 is 0 Å². The van der Waals surface area contributed by atoms with Gasteiger partial charge in [-0.25, -0.2) is 4.98 Å². The molecule has 0 bridgehead atoms. The van der Waals surface area contributed by atoms with Gasteiger partial charge in [-0.3, -0.25) is 14.4 Å². The molecule has 0 saturated carbocycles. The molecule has 140 valence electrons. The van der Waals surface area contributed by atoms with Crippen LogP contribution < -0.4 is 10.9 Å². The largest absolute Gasteiger partial charge is 0.453 e. The zero-order valence-corrected chi connectivity index (χ0v) is 14.8. The van der Waals surface area contributed by atoms with Crippen LogP contribution in [-0.2, 0) is 20.7 Å². The second kappa shape index (κ2) is 7.81. The van der Waals surface area contributed by atoms with Gasteiger partial charge in [0.1, 0.15) is 11.6 Å². The zero-order chi connectivity index (χ0) is 19.4. The van der Waals surface area contributed by atoms with E-state index < -0.39 is 18.0 Å². The van der Waals surface area contributed by atoms with E-state index in [0.29, 0.717) is 22.5 Å². The van der Waals surface area contributed by atoms with Gasteiger partial charge in [-0.2, -0.15) is 0 Å². The van der Waals surface area contributed by atoms with E-state index in [1.165, 1.54) is 6.92 Å². The quantitative estimate of drug-likeness (QED) is 0.632. The van der Waals surface area contributed by atoms with Gasteiger partial charge in [0.2, 0.25) is 0 Å². The Bertz CT molecular complexity index is 1040. The topological polar surface area (TPSA) is 127 Å². The maximum Gasteiger partial charge on any atom is 0.307 e. The van der Waals surface area contributed by atoms with Crippen LogP contribution in [0.5, 0.6) is 0 Å². The highest BCUT2D eigenvalue weighted by Crippen LogP contribution is 2.09. The fourth-order valence-electron chi connectivity index (χ4n) is 2.44. The van der Waals surface area contributed by atoms with Gasteiger partial charge in [-0.15, -0.1) is 0 Å². The van der Waals surface area contributed by atoms with Gasteiger partial charge in [0.05, 0.1) is 17.3 Å². The first-order valence-corrected chi connectivity index (χ1v) is 8.34. The van der Waals surface area contributed by atoms with Crippen LogP contribution in [0, 0.1) is 6.92 Å². The number of nitrogens with one attached hydrogen (secondary N) is 2. The summed E-state index contributed by atoms with van der Waals surface area (Å²) in [6, 6.07) is 8.49. The Morgan fingerprint density at radius 1 is 1.33 bits per heavy atom. The van der Waals surface area contributed by atoms with Crippen LogP contribution in [0.25, 0.3) is 10.9 Å². The maximum absolute atomic E-state index is 12.0. The summed E-state index contributed by atoms with van der Waals surface area (Å²) in [5, 5.41) is 6.61. The average Bonchev–Trinajstić information content (AvgIpc) is 3.04. The molecule has 0 saturated heterocycles. The number of benzene rings is 1. The maximum atomic E-state index is 12.0. The third kappa shape index (κ3) is 4.57. The van der Waals surface area contributed by atoms with Crippen molar-refractivity contribution in [1.82, 2.24) is 15.1 Å². The van der Waals surface area contributed by atoms with Gasteiger partial charge in [0.15, 0.2) is 11.9 Å². The normalized spacial score (nSPS) is 11.9. The molecule has 9 nitrogen and oxygen atoms in total. The van der Waals surface area contributed by atoms with E-state index in [-0.39, 0.29) is 24.2 Å². The van der Waals surface area contributed by atoms with Gasteiger partial charge in [0, 0.05) is 12.5 Å². The van der Waals surface area contributed by atoms with Crippen molar-refractivity contribution in [1.29, 1.82) is 0 Å². The summed E-state index contributed by atoms with van der Waals surface area (Å²) >= 11 is 0. The highest BCUT2D eigenvalue weighted by Gasteiger charge is 2.19. The molecule has 2 heterocycles. The molecule has 0 radical (unpaired) electrons. The molecule has 0 spiro atoms. The number of H-pyrrole nitrogens is 1. The summed E-state index contributed by atoms with van der Waals surface area (Å²) in [4.78, 5) is 42.9. The summed E-state index contributed by atoms with van der Waals surface area (Å²) < 4.78 is 9.95. The number of fused-ring (bicyclic) bond motifs is 1. The number of ether oxygens (including phenoxy) is 1. The number of carbonyl (C=O) groups excluding carboxylic acids is 2. The number of para-hydroxylation sites is 1. The number of carbonyl (C=O) groups is 2. The predicted octanol–water partition coefficient (Wildman–Crippen LogP) is 1.72. The minimum absolute atomic E-state index is 0.0258.